The van der Waals surface area contributed by atoms with Gasteiger partial charge in [0.1, 0.15) is 12.4 Å². The number of hydrogen-bond acceptors (Lipinski definition) is 9. The van der Waals surface area contributed by atoms with Crippen molar-refractivity contribution in [1.82, 2.24) is 29.7 Å². The van der Waals surface area contributed by atoms with E-state index >= 15 is 0 Å². The number of nitrogens with zero attached hydrogens (tertiary/aromatic N) is 7. The molecule has 33 heavy (non-hydrogen) atoms. The number of aromatic nitrogens is 6. The molecule has 1 aliphatic rings. The fraction of sp³-hybridized carbons (Fsp3) is 0.304. The molecule has 5 rings (SSSR count). The smallest absolute Gasteiger partial charge is 0.257 e. The second kappa shape index (κ2) is 8.91. The van der Waals surface area contributed by atoms with Gasteiger partial charge in [0, 0.05) is 38.0 Å². The number of rotatable bonds is 4. The van der Waals surface area contributed by atoms with Crippen molar-refractivity contribution < 1.29 is 9.26 Å². The molecule has 168 valence electrons. The van der Waals surface area contributed by atoms with Gasteiger partial charge in [0.15, 0.2) is 5.82 Å². The molecular formula is C23H23N7O3. The minimum atomic E-state index is -0.212. The van der Waals surface area contributed by atoms with Crippen LogP contribution in [0.25, 0.3) is 22.8 Å². The van der Waals surface area contributed by atoms with Crippen molar-refractivity contribution in [2.24, 2.45) is 7.05 Å². The first-order chi connectivity index (χ1) is 16.1. The standard InChI is InChI=1S/C23H23N7O3/c1-15-26-22(33-28-15)17-6-3-5-16(11-17)20-13-30(9-4-10-32-20)23-27-19(12-21(31)29(23)2)18-7-8-24-14-25-18/h3,5-8,11-12,14,20H,4,9-10,13H2,1-2H3. The highest BCUT2D eigenvalue weighted by molar-refractivity contribution is 5.56. The molecule has 0 radical (unpaired) electrons. The van der Waals surface area contributed by atoms with Crippen molar-refractivity contribution in [3.8, 4) is 22.8 Å². The molecule has 0 amide bonds. The van der Waals surface area contributed by atoms with E-state index in [1.807, 2.05) is 24.3 Å². The summed E-state index contributed by atoms with van der Waals surface area (Å²) in [5, 5.41) is 3.88. The maximum Gasteiger partial charge on any atom is 0.257 e. The summed E-state index contributed by atoms with van der Waals surface area (Å²) in [4.78, 5) is 32.1. The summed E-state index contributed by atoms with van der Waals surface area (Å²) in [6, 6.07) is 11.1. The van der Waals surface area contributed by atoms with Crippen molar-refractivity contribution >= 4 is 5.95 Å². The normalized spacial score (nSPS) is 16.5. The predicted octanol–water partition coefficient (Wildman–Crippen LogP) is 2.56. The van der Waals surface area contributed by atoms with Gasteiger partial charge in [0.2, 0.25) is 5.95 Å². The summed E-state index contributed by atoms with van der Waals surface area (Å²) in [7, 11) is 1.73. The summed E-state index contributed by atoms with van der Waals surface area (Å²) >= 11 is 0. The molecule has 0 N–H and O–H groups in total. The molecule has 4 heterocycles. The Morgan fingerprint density at radius 1 is 1.12 bits per heavy atom. The van der Waals surface area contributed by atoms with Gasteiger partial charge in [0.05, 0.1) is 17.9 Å². The highest BCUT2D eigenvalue weighted by Crippen LogP contribution is 2.28. The number of benzene rings is 1. The van der Waals surface area contributed by atoms with Crippen LogP contribution in [0.15, 0.2) is 58.2 Å². The van der Waals surface area contributed by atoms with E-state index in [-0.39, 0.29) is 11.7 Å². The quantitative estimate of drug-likeness (QED) is 0.468. The molecule has 0 spiro atoms. The van der Waals surface area contributed by atoms with Crippen LogP contribution in [-0.4, -0.2) is 49.4 Å². The van der Waals surface area contributed by atoms with Crippen molar-refractivity contribution in [3.05, 3.63) is 70.7 Å². The highest BCUT2D eigenvalue weighted by atomic mass is 16.5. The Bertz CT molecular complexity index is 1320. The van der Waals surface area contributed by atoms with Gasteiger partial charge in [-0.3, -0.25) is 9.36 Å². The fourth-order valence-electron chi connectivity index (χ4n) is 3.88. The monoisotopic (exact) mass is 445 g/mol. The Morgan fingerprint density at radius 3 is 2.82 bits per heavy atom. The average Bonchev–Trinajstić information content (AvgIpc) is 3.13. The number of aryl methyl sites for hydroxylation is 1. The van der Waals surface area contributed by atoms with E-state index in [4.69, 9.17) is 14.2 Å². The van der Waals surface area contributed by atoms with Crippen LogP contribution in [0.5, 0.6) is 0 Å². The van der Waals surface area contributed by atoms with E-state index in [1.165, 1.54) is 12.4 Å². The first-order valence-electron chi connectivity index (χ1n) is 10.7. The molecule has 1 saturated heterocycles. The van der Waals surface area contributed by atoms with Gasteiger partial charge in [-0.05, 0) is 37.1 Å². The van der Waals surface area contributed by atoms with Crippen molar-refractivity contribution in [3.63, 3.8) is 0 Å². The lowest BCUT2D eigenvalue weighted by molar-refractivity contribution is 0.0686. The van der Waals surface area contributed by atoms with Gasteiger partial charge < -0.3 is 14.2 Å². The summed E-state index contributed by atoms with van der Waals surface area (Å²) in [5.41, 5.74) is 2.81. The Hall–Kier alpha value is -3.92. The minimum absolute atomic E-state index is 0.149. The number of ether oxygens (including phenoxy) is 1. The first kappa shape index (κ1) is 21.0. The van der Waals surface area contributed by atoms with E-state index < -0.39 is 0 Å². The van der Waals surface area contributed by atoms with Crippen LogP contribution in [0, 0.1) is 6.92 Å². The first-order valence-corrected chi connectivity index (χ1v) is 10.7. The van der Waals surface area contributed by atoms with E-state index in [0.717, 1.165) is 17.5 Å². The number of hydrogen-bond donors (Lipinski definition) is 0. The van der Waals surface area contributed by atoms with Crippen LogP contribution >= 0.6 is 0 Å². The van der Waals surface area contributed by atoms with Gasteiger partial charge in [-0.1, -0.05) is 17.3 Å². The third-order valence-corrected chi connectivity index (χ3v) is 5.55. The van der Waals surface area contributed by atoms with Crippen LogP contribution < -0.4 is 10.5 Å². The maximum absolute atomic E-state index is 12.7. The summed E-state index contributed by atoms with van der Waals surface area (Å²) < 4.78 is 13.1. The lowest BCUT2D eigenvalue weighted by Gasteiger charge is -2.26. The Kier molecular flexibility index (Phi) is 5.66. The molecule has 0 saturated carbocycles. The average molecular weight is 445 g/mol. The molecule has 1 aromatic carbocycles. The summed E-state index contributed by atoms with van der Waals surface area (Å²) in [6.07, 6.45) is 3.68. The molecule has 10 nitrogen and oxygen atoms in total. The minimum Gasteiger partial charge on any atom is -0.372 e. The largest absolute Gasteiger partial charge is 0.372 e. The fourth-order valence-corrected chi connectivity index (χ4v) is 3.88. The van der Waals surface area contributed by atoms with Gasteiger partial charge >= 0.3 is 0 Å². The Balaban J connectivity index is 1.47. The van der Waals surface area contributed by atoms with Gasteiger partial charge in [-0.15, -0.1) is 0 Å². The second-order valence-corrected chi connectivity index (χ2v) is 7.86. The van der Waals surface area contributed by atoms with E-state index in [9.17, 15) is 4.79 Å². The van der Waals surface area contributed by atoms with Gasteiger partial charge in [0.25, 0.3) is 11.4 Å². The zero-order valence-corrected chi connectivity index (χ0v) is 18.4. The lowest BCUT2D eigenvalue weighted by Crippen LogP contribution is -2.34. The van der Waals surface area contributed by atoms with Crippen LogP contribution in [0.4, 0.5) is 5.95 Å². The zero-order chi connectivity index (χ0) is 22.8. The van der Waals surface area contributed by atoms with Crippen LogP contribution in [0.1, 0.15) is 23.9 Å². The molecule has 1 aliphatic heterocycles. The van der Waals surface area contributed by atoms with E-state index in [2.05, 4.69) is 25.0 Å². The van der Waals surface area contributed by atoms with Crippen molar-refractivity contribution in [2.75, 3.05) is 24.6 Å². The SMILES string of the molecule is Cc1noc(-c2cccc(C3CN(c4nc(-c5ccncn5)cc(=O)n4C)CCCO3)c2)n1. The van der Waals surface area contributed by atoms with Gasteiger partial charge in [-0.25, -0.2) is 15.0 Å². The second-order valence-electron chi connectivity index (χ2n) is 7.86. The van der Waals surface area contributed by atoms with Crippen molar-refractivity contribution in [2.45, 2.75) is 19.4 Å². The third-order valence-electron chi connectivity index (χ3n) is 5.55. The highest BCUT2D eigenvalue weighted by Gasteiger charge is 2.24. The van der Waals surface area contributed by atoms with Crippen LogP contribution in [-0.2, 0) is 11.8 Å². The van der Waals surface area contributed by atoms with Crippen molar-refractivity contribution in [1.29, 1.82) is 0 Å². The molecule has 1 unspecified atom stereocenters. The molecule has 0 aliphatic carbocycles. The number of anilines is 1. The molecule has 1 atom stereocenters. The van der Waals surface area contributed by atoms with Crippen LogP contribution in [0.2, 0.25) is 0 Å². The zero-order valence-electron chi connectivity index (χ0n) is 18.4. The maximum atomic E-state index is 12.7. The molecule has 4 aromatic rings. The molecular weight excluding hydrogens is 422 g/mol. The van der Waals surface area contributed by atoms with Gasteiger partial charge in [-0.2, -0.15) is 4.98 Å². The molecule has 1 fully saturated rings. The Morgan fingerprint density at radius 2 is 2.03 bits per heavy atom. The molecule has 0 bridgehead atoms. The van der Waals surface area contributed by atoms with Crippen LogP contribution in [0.3, 0.4) is 0 Å². The predicted molar refractivity (Wildman–Crippen MR) is 120 cm³/mol. The third kappa shape index (κ3) is 4.37. The van der Waals surface area contributed by atoms with E-state index in [1.54, 1.807) is 30.8 Å². The molecule has 3 aromatic heterocycles. The summed E-state index contributed by atoms with van der Waals surface area (Å²) in [5.74, 6) is 1.64. The summed E-state index contributed by atoms with van der Waals surface area (Å²) in [6.45, 7) is 3.65. The lowest BCUT2D eigenvalue weighted by atomic mass is 10.1. The Labute approximate surface area is 189 Å². The topological polar surface area (TPSA) is 112 Å². The van der Waals surface area contributed by atoms with E-state index in [0.29, 0.717) is 48.7 Å². The molecule has 10 heteroatoms.